The van der Waals surface area contributed by atoms with Crippen LogP contribution in [0.3, 0.4) is 0 Å². The number of ether oxygens (including phenoxy) is 1. The Morgan fingerprint density at radius 2 is 2.00 bits per heavy atom. The molecule has 3 N–H and O–H groups in total. The summed E-state index contributed by atoms with van der Waals surface area (Å²) in [6.07, 6.45) is 1.11. The average molecular weight is 467 g/mol. The maximum atomic E-state index is 14.1. The van der Waals surface area contributed by atoms with E-state index in [1.54, 1.807) is 17.0 Å². The topological polar surface area (TPSA) is 77.1 Å². The maximum absolute atomic E-state index is 14.1. The van der Waals surface area contributed by atoms with Crippen molar-refractivity contribution >= 4 is 30.7 Å². The number of aliphatic hydroxyl groups is 1. The molecule has 2 saturated heterocycles. The van der Waals surface area contributed by atoms with Crippen molar-refractivity contribution in [3.63, 3.8) is 0 Å². The molecule has 0 aliphatic carbocycles. The number of likely N-dealkylation sites (tertiary alicyclic amines) is 1. The molecule has 0 radical (unpaired) electrons. The number of rotatable bonds is 8. The van der Waals surface area contributed by atoms with E-state index in [1.165, 1.54) is 13.2 Å². The molecule has 0 spiro atoms. The summed E-state index contributed by atoms with van der Waals surface area (Å²) in [5, 5.41) is 17.5. The van der Waals surface area contributed by atoms with Crippen molar-refractivity contribution < 1.29 is 19.0 Å². The van der Waals surface area contributed by atoms with Crippen molar-refractivity contribution in [1.82, 2.24) is 20.4 Å². The second-order valence-corrected chi connectivity index (χ2v) is 7.59. The minimum atomic E-state index is -1.43. The van der Waals surface area contributed by atoms with Crippen LogP contribution in [0.15, 0.2) is 18.2 Å². The van der Waals surface area contributed by atoms with Crippen LogP contribution in [-0.4, -0.2) is 85.9 Å². The standard InChI is InChI=1S/C20H31FN4O3.2ClH/c1-28-17-3-4-18(21)16(13-17)14-25-9-2-5-20(27,19(25)26)15-23-8-12-24-10-6-22-7-11-24;;/h3-4,13,22-23,27H,2,5-12,14-15H2,1H3;2*1H. The lowest BCUT2D eigenvalue weighted by atomic mass is 9.91. The zero-order valence-electron chi connectivity index (χ0n) is 17.4. The zero-order valence-corrected chi connectivity index (χ0v) is 19.0. The third kappa shape index (κ3) is 6.93. The molecule has 1 atom stereocenters. The van der Waals surface area contributed by atoms with Crippen molar-refractivity contribution in [2.75, 3.05) is 59.5 Å². The largest absolute Gasteiger partial charge is 0.497 e. The van der Waals surface area contributed by atoms with Crippen LogP contribution in [0.25, 0.3) is 0 Å². The number of benzene rings is 1. The molecule has 1 amide bonds. The quantitative estimate of drug-likeness (QED) is 0.496. The van der Waals surface area contributed by atoms with Gasteiger partial charge in [0.15, 0.2) is 5.60 Å². The Morgan fingerprint density at radius 3 is 2.70 bits per heavy atom. The molecule has 1 aromatic carbocycles. The molecule has 2 fully saturated rings. The number of piperidine rings is 1. The van der Waals surface area contributed by atoms with Gasteiger partial charge in [0.2, 0.25) is 0 Å². The third-order valence-electron chi connectivity index (χ3n) is 5.55. The van der Waals surface area contributed by atoms with Gasteiger partial charge < -0.3 is 25.4 Å². The summed E-state index contributed by atoms with van der Waals surface area (Å²) < 4.78 is 19.3. The number of hydrogen-bond donors (Lipinski definition) is 3. The van der Waals surface area contributed by atoms with E-state index in [0.29, 0.717) is 30.7 Å². The van der Waals surface area contributed by atoms with Gasteiger partial charge in [-0.25, -0.2) is 4.39 Å². The Labute approximate surface area is 190 Å². The van der Waals surface area contributed by atoms with Gasteiger partial charge in [-0.3, -0.25) is 9.69 Å². The highest BCUT2D eigenvalue weighted by Gasteiger charge is 2.41. The van der Waals surface area contributed by atoms with E-state index in [4.69, 9.17) is 4.74 Å². The van der Waals surface area contributed by atoms with Gasteiger partial charge in [0.25, 0.3) is 5.91 Å². The van der Waals surface area contributed by atoms with Gasteiger partial charge >= 0.3 is 0 Å². The molecule has 10 heteroatoms. The first-order valence-electron chi connectivity index (χ1n) is 10.00. The number of amides is 1. The average Bonchev–Trinajstić information content (AvgIpc) is 2.71. The summed E-state index contributed by atoms with van der Waals surface area (Å²) in [6, 6.07) is 4.49. The molecular formula is C20H33Cl2FN4O3. The summed E-state index contributed by atoms with van der Waals surface area (Å²) in [4.78, 5) is 16.8. The van der Waals surface area contributed by atoms with Crippen LogP contribution >= 0.6 is 24.8 Å². The molecule has 1 aromatic rings. The molecule has 172 valence electrons. The number of nitrogens with zero attached hydrogens (tertiary/aromatic N) is 2. The van der Waals surface area contributed by atoms with E-state index < -0.39 is 5.60 Å². The Morgan fingerprint density at radius 1 is 1.27 bits per heavy atom. The molecule has 2 heterocycles. The monoisotopic (exact) mass is 466 g/mol. The van der Waals surface area contributed by atoms with Gasteiger partial charge in [0.1, 0.15) is 11.6 Å². The Hall–Kier alpha value is -1.16. The van der Waals surface area contributed by atoms with Crippen LogP contribution in [0, 0.1) is 5.82 Å². The number of hydrogen-bond acceptors (Lipinski definition) is 6. The molecule has 2 aliphatic rings. The van der Waals surface area contributed by atoms with E-state index in [1.807, 2.05) is 0 Å². The van der Waals surface area contributed by atoms with Crippen molar-refractivity contribution in [2.24, 2.45) is 0 Å². The molecule has 3 rings (SSSR count). The predicted octanol–water partition coefficient (Wildman–Crippen LogP) is 1.03. The summed E-state index contributed by atoms with van der Waals surface area (Å²) in [5.41, 5.74) is -1.04. The fourth-order valence-corrected chi connectivity index (χ4v) is 3.85. The van der Waals surface area contributed by atoms with Gasteiger partial charge in [-0.1, -0.05) is 0 Å². The fraction of sp³-hybridized carbons (Fsp3) is 0.650. The van der Waals surface area contributed by atoms with Crippen molar-refractivity contribution in [3.05, 3.63) is 29.6 Å². The Balaban J connectivity index is 0.00000225. The van der Waals surface area contributed by atoms with Crippen LogP contribution in [0.4, 0.5) is 4.39 Å². The first-order valence-corrected chi connectivity index (χ1v) is 10.00. The smallest absolute Gasteiger partial charge is 0.256 e. The molecule has 2 aliphatic heterocycles. The van der Waals surface area contributed by atoms with E-state index in [0.717, 1.165) is 39.3 Å². The Kier molecular flexibility index (Phi) is 11.3. The molecular weight excluding hydrogens is 434 g/mol. The minimum Gasteiger partial charge on any atom is -0.497 e. The van der Waals surface area contributed by atoms with Gasteiger partial charge in [0, 0.05) is 64.5 Å². The van der Waals surface area contributed by atoms with E-state index in [2.05, 4.69) is 15.5 Å². The molecule has 1 unspecified atom stereocenters. The zero-order chi connectivity index (χ0) is 20.0. The lowest BCUT2D eigenvalue weighted by Crippen LogP contribution is -2.58. The number of methoxy groups -OCH3 is 1. The lowest BCUT2D eigenvalue weighted by molar-refractivity contribution is -0.157. The van der Waals surface area contributed by atoms with Crippen LogP contribution in [0.2, 0.25) is 0 Å². The van der Waals surface area contributed by atoms with E-state index in [9.17, 15) is 14.3 Å². The lowest BCUT2D eigenvalue weighted by Gasteiger charge is -2.38. The molecule has 0 aromatic heterocycles. The molecule has 0 saturated carbocycles. The van der Waals surface area contributed by atoms with Crippen LogP contribution in [-0.2, 0) is 11.3 Å². The normalized spacial score (nSPS) is 22.2. The fourth-order valence-electron chi connectivity index (χ4n) is 3.85. The highest BCUT2D eigenvalue weighted by atomic mass is 35.5. The second-order valence-electron chi connectivity index (χ2n) is 7.59. The van der Waals surface area contributed by atoms with Crippen molar-refractivity contribution in [3.8, 4) is 5.75 Å². The van der Waals surface area contributed by atoms with E-state index >= 15 is 0 Å². The predicted molar refractivity (Wildman–Crippen MR) is 119 cm³/mol. The number of carbonyl (C=O) groups excluding carboxylic acids is 1. The minimum absolute atomic E-state index is 0. The number of piperazine rings is 1. The first kappa shape index (κ1) is 26.9. The van der Waals surface area contributed by atoms with Gasteiger partial charge in [-0.05, 0) is 31.0 Å². The van der Waals surface area contributed by atoms with Gasteiger partial charge in [-0.2, -0.15) is 0 Å². The Bertz CT molecular complexity index is 679. The SMILES string of the molecule is COc1ccc(F)c(CN2CCCC(O)(CNCCN3CCNCC3)C2=O)c1.Cl.Cl. The summed E-state index contributed by atoms with van der Waals surface area (Å²) in [6.45, 7) is 6.51. The molecule has 0 bridgehead atoms. The summed E-state index contributed by atoms with van der Waals surface area (Å²) in [7, 11) is 1.52. The summed E-state index contributed by atoms with van der Waals surface area (Å²) in [5.74, 6) is -0.168. The van der Waals surface area contributed by atoms with Gasteiger partial charge in [0.05, 0.1) is 7.11 Å². The highest BCUT2D eigenvalue weighted by Crippen LogP contribution is 2.25. The molecule has 7 nitrogen and oxygen atoms in total. The van der Waals surface area contributed by atoms with Gasteiger partial charge in [-0.15, -0.1) is 24.8 Å². The van der Waals surface area contributed by atoms with Crippen LogP contribution < -0.4 is 15.4 Å². The van der Waals surface area contributed by atoms with E-state index in [-0.39, 0.29) is 49.6 Å². The van der Waals surface area contributed by atoms with Crippen LogP contribution in [0.5, 0.6) is 5.75 Å². The number of carbonyl (C=O) groups is 1. The highest BCUT2D eigenvalue weighted by molar-refractivity contribution is 5.86. The second kappa shape index (κ2) is 12.6. The first-order chi connectivity index (χ1) is 13.5. The number of halogens is 3. The third-order valence-corrected chi connectivity index (χ3v) is 5.55. The van der Waals surface area contributed by atoms with Crippen molar-refractivity contribution in [2.45, 2.75) is 25.0 Å². The maximum Gasteiger partial charge on any atom is 0.256 e. The molecule has 30 heavy (non-hydrogen) atoms. The van der Waals surface area contributed by atoms with Crippen molar-refractivity contribution in [1.29, 1.82) is 0 Å². The number of nitrogens with one attached hydrogen (secondary N) is 2. The van der Waals surface area contributed by atoms with Crippen LogP contribution in [0.1, 0.15) is 18.4 Å². The summed E-state index contributed by atoms with van der Waals surface area (Å²) >= 11 is 0.